The van der Waals surface area contributed by atoms with Gasteiger partial charge in [0.2, 0.25) is 11.8 Å². The third-order valence-corrected chi connectivity index (χ3v) is 4.04. The monoisotopic (exact) mass is 258 g/mol. The Morgan fingerprint density at radius 1 is 1.53 bits per heavy atom. The van der Waals surface area contributed by atoms with Crippen molar-refractivity contribution in [3.8, 4) is 0 Å². The molecule has 0 radical (unpaired) electrons. The summed E-state index contributed by atoms with van der Waals surface area (Å²) in [5.74, 6) is 1.24. The van der Waals surface area contributed by atoms with E-state index in [2.05, 4.69) is 0 Å². The summed E-state index contributed by atoms with van der Waals surface area (Å²) < 4.78 is 0. The van der Waals surface area contributed by atoms with Crippen LogP contribution in [-0.2, 0) is 9.59 Å². The Morgan fingerprint density at radius 2 is 2.18 bits per heavy atom. The first-order chi connectivity index (χ1) is 8.04. The molecule has 2 saturated carbocycles. The molecule has 1 saturated heterocycles. The van der Waals surface area contributed by atoms with Crippen LogP contribution in [-0.4, -0.2) is 53.7 Å². The molecule has 2 amide bonds. The van der Waals surface area contributed by atoms with Crippen molar-refractivity contribution >= 4 is 23.4 Å². The van der Waals surface area contributed by atoms with E-state index < -0.39 is 0 Å². The molecule has 2 atom stereocenters. The van der Waals surface area contributed by atoms with E-state index in [4.69, 9.17) is 11.6 Å². The number of carbonyl (C=O) groups excluding carboxylic acids is 2. The molecule has 0 bridgehead atoms. The maximum atomic E-state index is 10.8. The molecule has 0 aromatic heterocycles. The molecule has 1 heterocycles. The molecule has 3 rings (SSSR count). The van der Waals surface area contributed by atoms with Gasteiger partial charge in [-0.25, -0.2) is 0 Å². The number of nitrogens with zero attached hydrogens (tertiary/aromatic N) is 2. The number of likely N-dealkylation sites (tertiary alicyclic amines) is 1. The Morgan fingerprint density at radius 3 is 2.47 bits per heavy atom. The Bertz CT molecular complexity index is 330. The summed E-state index contributed by atoms with van der Waals surface area (Å²) in [6, 6.07) is 1.14. The number of hydrogen-bond acceptors (Lipinski definition) is 2. The van der Waals surface area contributed by atoms with E-state index in [0.717, 1.165) is 25.2 Å². The van der Waals surface area contributed by atoms with Crippen molar-refractivity contribution < 1.29 is 9.59 Å². The fourth-order valence-corrected chi connectivity index (χ4v) is 2.43. The zero-order valence-corrected chi connectivity index (χ0v) is 11.1. The summed E-state index contributed by atoms with van der Waals surface area (Å²) in [5.41, 5.74) is 0. The minimum absolute atomic E-state index is 0.0409. The lowest BCUT2D eigenvalue weighted by atomic mass is 10.3. The molecule has 5 heteroatoms. The second-order valence-corrected chi connectivity index (χ2v) is 5.41. The van der Waals surface area contributed by atoms with E-state index >= 15 is 0 Å². The number of hydrogen-bond donors (Lipinski definition) is 0. The van der Waals surface area contributed by atoms with Gasteiger partial charge in [0.1, 0.15) is 5.88 Å². The van der Waals surface area contributed by atoms with E-state index in [-0.39, 0.29) is 11.8 Å². The van der Waals surface area contributed by atoms with Crippen LogP contribution in [0, 0.1) is 5.92 Å². The van der Waals surface area contributed by atoms with E-state index in [0.29, 0.717) is 18.0 Å². The van der Waals surface area contributed by atoms with Gasteiger partial charge in [-0.1, -0.05) is 0 Å². The highest BCUT2D eigenvalue weighted by Crippen LogP contribution is 2.43. The van der Waals surface area contributed by atoms with Crippen LogP contribution in [0.15, 0.2) is 0 Å². The Balaban J connectivity index is 0.000000127. The number of carbonyl (C=O) groups is 2. The predicted molar refractivity (Wildman–Crippen MR) is 65.8 cm³/mol. The van der Waals surface area contributed by atoms with Crippen LogP contribution < -0.4 is 0 Å². The van der Waals surface area contributed by atoms with Crippen LogP contribution >= 0.6 is 11.6 Å². The van der Waals surface area contributed by atoms with Gasteiger partial charge in [0.05, 0.1) is 0 Å². The van der Waals surface area contributed by atoms with Gasteiger partial charge in [-0.3, -0.25) is 9.59 Å². The highest BCUT2D eigenvalue weighted by atomic mass is 35.5. The van der Waals surface area contributed by atoms with Crippen molar-refractivity contribution in [1.29, 1.82) is 0 Å². The van der Waals surface area contributed by atoms with Crippen molar-refractivity contribution in [2.24, 2.45) is 5.92 Å². The highest BCUT2D eigenvalue weighted by Gasteiger charge is 2.49. The molecule has 3 aliphatic rings. The average Bonchev–Trinajstić information content (AvgIpc) is 3.20. The summed E-state index contributed by atoms with van der Waals surface area (Å²) in [4.78, 5) is 25.1. The Hall–Kier alpha value is -0.770. The van der Waals surface area contributed by atoms with Crippen LogP contribution in [0.1, 0.15) is 25.7 Å². The summed E-state index contributed by atoms with van der Waals surface area (Å²) in [6.07, 6.45) is 4.39. The van der Waals surface area contributed by atoms with Crippen LogP contribution in [0.2, 0.25) is 0 Å². The topological polar surface area (TPSA) is 40.6 Å². The first-order valence-electron chi connectivity index (χ1n) is 6.12. The smallest absolute Gasteiger partial charge is 0.237 e. The second-order valence-electron chi connectivity index (χ2n) is 5.14. The van der Waals surface area contributed by atoms with Gasteiger partial charge in [0, 0.05) is 32.6 Å². The van der Waals surface area contributed by atoms with Gasteiger partial charge in [0.25, 0.3) is 0 Å². The summed E-state index contributed by atoms with van der Waals surface area (Å²) in [5, 5.41) is 0. The molecule has 2 unspecified atom stereocenters. The van der Waals surface area contributed by atoms with Crippen molar-refractivity contribution in [3.05, 3.63) is 0 Å². The molecule has 2 aliphatic carbocycles. The molecule has 0 spiro atoms. The van der Waals surface area contributed by atoms with Crippen molar-refractivity contribution in [2.45, 2.75) is 37.8 Å². The van der Waals surface area contributed by atoms with Gasteiger partial charge in [-0.05, 0) is 25.2 Å². The standard InChI is InChI=1S/C6H10ClNO.C6H9NO/c1-8(5-2-3-5)6(9)4-7;1-7-5-2-4(5)3-6(7)8/h5H,2-4H2,1H3;4-5H,2-3H2,1H3. The fourth-order valence-electron chi connectivity index (χ4n) is 2.24. The Kier molecular flexibility index (Phi) is 3.61. The minimum atomic E-state index is 0.0409. The molecular weight excluding hydrogens is 240 g/mol. The van der Waals surface area contributed by atoms with Gasteiger partial charge in [-0.2, -0.15) is 0 Å². The van der Waals surface area contributed by atoms with Crippen LogP contribution in [0.5, 0.6) is 0 Å². The molecular formula is C12H19ClN2O2. The third-order valence-electron chi connectivity index (χ3n) is 3.82. The van der Waals surface area contributed by atoms with E-state index in [1.807, 2.05) is 19.0 Å². The molecule has 0 aromatic carbocycles. The largest absolute Gasteiger partial charge is 0.342 e. The molecule has 4 nitrogen and oxygen atoms in total. The molecule has 0 aromatic rings. The van der Waals surface area contributed by atoms with Gasteiger partial charge in [0.15, 0.2) is 0 Å². The van der Waals surface area contributed by atoms with Gasteiger partial charge >= 0.3 is 0 Å². The maximum absolute atomic E-state index is 10.8. The average molecular weight is 259 g/mol. The number of halogens is 1. The Labute approximate surface area is 107 Å². The van der Waals surface area contributed by atoms with E-state index in [9.17, 15) is 9.59 Å². The quantitative estimate of drug-likeness (QED) is 0.696. The maximum Gasteiger partial charge on any atom is 0.237 e. The number of alkyl halides is 1. The van der Waals surface area contributed by atoms with Gasteiger partial charge in [-0.15, -0.1) is 11.6 Å². The lowest BCUT2D eigenvalue weighted by molar-refractivity contribution is -0.128. The lowest BCUT2D eigenvalue weighted by Gasteiger charge is -2.13. The molecule has 3 fully saturated rings. The summed E-state index contributed by atoms with van der Waals surface area (Å²) in [6.45, 7) is 0. The van der Waals surface area contributed by atoms with Crippen LogP contribution in [0.25, 0.3) is 0 Å². The van der Waals surface area contributed by atoms with Crippen molar-refractivity contribution in [2.75, 3.05) is 20.0 Å². The number of rotatable bonds is 2. The molecule has 1 aliphatic heterocycles. The SMILES string of the molecule is CN(C(=O)CCl)C1CC1.CN1C(=O)CC2CC21. The normalized spacial score (nSPS) is 29.4. The lowest BCUT2D eigenvalue weighted by Crippen LogP contribution is -2.29. The number of piperidine rings is 1. The fraction of sp³-hybridized carbons (Fsp3) is 0.833. The zero-order chi connectivity index (χ0) is 12.6. The first kappa shape index (κ1) is 12.7. The molecule has 96 valence electrons. The molecule has 17 heavy (non-hydrogen) atoms. The number of fused-ring (bicyclic) bond motifs is 1. The predicted octanol–water partition coefficient (Wildman–Crippen LogP) is 1.08. The van der Waals surface area contributed by atoms with Crippen molar-refractivity contribution in [1.82, 2.24) is 9.80 Å². The van der Waals surface area contributed by atoms with Crippen LogP contribution in [0.3, 0.4) is 0 Å². The number of amides is 2. The minimum Gasteiger partial charge on any atom is -0.342 e. The van der Waals surface area contributed by atoms with Gasteiger partial charge < -0.3 is 9.80 Å². The van der Waals surface area contributed by atoms with Crippen molar-refractivity contribution in [3.63, 3.8) is 0 Å². The summed E-state index contributed by atoms with van der Waals surface area (Å²) >= 11 is 5.33. The highest BCUT2D eigenvalue weighted by molar-refractivity contribution is 6.27. The van der Waals surface area contributed by atoms with E-state index in [1.165, 1.54) is 6.42 Å². The van der Waals surface area contributed by atoms with Crippen LogP contribution in [0.4, 0.5) is 0 Å². The second kappa shape index (κ2) is 4.84. The third kappa shape index (κ3) is 2.92. The van der Waals surface area contributed by atoms with E-state index in [1.54, 1.807) is 4.90 Å². The summed E-state index contributed by atoms with van der Waals surface area (Å²) in [7, 11) is 3.71. The molecule has 0 N–H and O–H groups in total. The first-order valence-corrected chi connectivity index (χ1v) is 6.65. The zero-order valence-electron chi connectivity index (χ0n) is 10.4.